The Balaban J connectivity index is 1.90. The van der Waals surface area contributed by atoms with Crippen molar-refractivity contribution in [2.45, 2.75) is 51.9 Å². The number of esters is 1. The predicted octanol–water partition coefficient (Wildman–Crippen LogP) is 3.19. The Kier molecular flexibility index (Phi) is 8.29. The van der Waals surface area contributed by atoms with Gasteiger partial charge in [-0.25, -0.2) is 4.79 Å². The molecular formula is C21H31NO4. The minimum Gasteiger partial charge on any atom is -0.463 e. The molecule has 5 nitrogen and oxygen atoms in total. The predicted molar refractivity (Wildman–Crippen MR) is 103 cm³/mol. The quantitative estimate of drug-likeness (QED) is 0.541. The lowest BCUT2D eigenvalue weighted by molar-refractivity contribution is -0.137. The van der Waals surface area contributed by atoms with E-state index in [1.807, 2.05) is 31.2 Å². The molecule has 144 valence electrons. The number of hydrogen-bond acceptors (Lipinski definition) is 5. The summed E-state index contributed by atoms with van der Waals surface area (Å²) >= 11 is 0. The van der Waals surface area contributed by atoms with Crippen LogP contribution in [0.4, 0.5) is 0 Å². The zero-order valence-electron chi connectivity index (χ0n) is 16.1. The zero-order valence-corrected chi connectivity index (χ0v) is 16.1. The van der Waals surface area contributed by atoms with Gasteiger partial charge in [0.25, 0.3) is 0 Å². The van der Waals surface area contributed by atoms with Crippen LogP contribution in [-0.4, -0.2) is 54.4 Å². The standard InChI is InChI=1S/C21H31NO4/c1-4-25-21(24)12-11-18-9-5-6-10-20(18)17(3)26-15-19(23)14-22-13-7-8-16(22)2/h5-6,9-12,16-17,19,23H,4,7-8,13-15H2,1-3H3/b12-11+/t16-,17-,19-/m1/s1. The first-order valence-corrected chi connectivity index (χ1v) is 9.48. The van der Waals surface area contributed by atoms with Crippen molar-refractivity contribution < 1.29 is 19.4 Å². The van der Waals surface area contributed by atoms with Crippen LogP contribution in [0.3, 0.4) is 0 Å². The van der Waals surface area contributed by atoms with Crippen molar-refractivity contribution in [2.24, 2.45) is 0 Å². The van der Waals surface area contributed by atoms with Gasteiger partial charge in [-0.05, 0) is 57.4 Å². The highest BCUT2D eigenvalue weighted by Gasteiger charge is 2.23. The number of aliphatic hydroxyl groups is 1. The molecule has 0 radical (unpaired) electrons. The van der Waals surface area contributed by atoms with Crippen LogP contribution in [-0.2, 0) is 14.3 Å². The third-order valence-corrected chi connectivity index (χ3v) is 4.79. The molecular weight excluding hydrogens is 330 g/mol. The van der Waals surface area contributed by atoms with E-state index in [4.69, 9.17) is 9.47 Å². The molecule has 0 unspecified atom stereocenters. The average Bonchev–Trinajstić information content (AvgIpc) is 3.03. The normalized spacial score (nSPS) is 20.4. The Bertz CT molecular complexity index is 601. The smallest absolute Gasteiger partial charge is 0.330 e. The third-order valence-electron chi connectivity index (χ3n) is 4.79. The lowest BCUT2D eigenvalue weighted by Gasteiger charge is -2.25. The van der Waals surface area contributed by atoms with Crippen LogP contribution in [0.2, 0.25) is 0 Å². The van der Waals surface area contributed by atoms with E-state index in [0.29, 0.717) is 25.8 Å². The van der Waals surface area contributed by atoms with Crippen LogP contribution in [0.5, 0.6) is 0 Å². The summed E-state index contributed by atoms with van der Waals surface area (Å²) in [6.45, 7) is 8.30. The SMILES string of the molecule is CCOC(=O)/C=C/c1ccccc1[C@@H](C)OC[C@H](O)CN1CCC[C@H]1C. The number of aliphatic hydroxyl groups excluding tert-OH is 1. The number of nitrogens with zero attached hydrogens (tertiary/aromatic N) is 1. The summed E-state index contributed by atoms with van der Waals surface area (Å²) in [6, 6.07) is 8.32. The molecule has 0 saturated carbocycles. The van der Waals surface area contributed by atoms with Gasteiger partial charge < -0.3 is 14.6 Å². The lowest BCUT2D eigenvalue weighted by atomic mass is 10.0. The molecule has 3 atom stereocenters. The van der Waals surface area contributed by atoms with Crippen molar-refractivity contribution in [3.63, 3.8) is 0 Å². The second-order valence-electron chi connectivity index (χ2n) is 6.83. The molecule has 2 rings (SSSR count). The number of β-amino-alcohol motifs (C(OH)–C–C–N with tert-alkyl or cyclic N) is 1. The van der Waals surface area contributed by atoms with Crippen LogP contribution in [0.25, 0.3) is 6.08 Å². The van der Waals surface area contributed by atoms with Gasteiger partial charge in [0, 0.05) is 18.7 Å². The highest BCUT2D eigenvalue weighted by molar-refractivity contribution is 5.87. The van der Waals surface area contributed by atoms with Gasteiger partial charge in [0.1, 0.15) is 0 Å². The molecule has 26 heavy (non-hydrogen) atoms. The minimum atomic E-state index is -0.500. The van der Waals surface area contributed by atoms with E-state index in [1.165, 1.54) is 18.9 Å². The van der Waals surface area contributed by atoms with E-state index in [9.17, 15) is 9.90 Å². The van der Waals surface area contributed by atoms with Gasteiger partial charge in [0.15, 0.2) is 0 Å². The largest absolute Gasteiger partial charge is 0.463 e. The number of carbonyl (C=O) groups is 1. The molecule has 1 fully saturated rings. The molecule has 1 aliphatic rings. The van der Waals surface area contributed by atoms with E-state index in [1.54, 1.807) is 13.0 Å². The van der Waals surface area contributed by atoms with Gasteiger partial charge >= 0.3 is 5.97 Å². The van der Waals surface area contributed by atoms with Gasteiger partial charge in [-0.15, -0.1) is 0 Å². The second kappa shape index (κ2) is 10.5. The summed E-state index contributed by atoms with van der Waals surface area (Å²) in [5.74, 6) is -0.356. The molecule has 5 heteroatoms. The van der Waals surface area contributed by atoms with E-state index < -0.39 is 6.10 Å². The first-order chi connectivity index (χ1) is 12.5. The van der Waals surface area contributed by atoms with Gasteiger partial charge in [0.2, 0.25) is 0 Å². The number of rotatable bonds is 9. The molecule has 0 bridgehead atoms. The Morgan fingerprint density at radius 1 is 1.42 bits per heavy atom. The number of likely N-dealkylation sites (tertiary alicyclic amines) is 1. The molecule has 0 spiro atoms. The molecule has 1 saturated heterocycles. The van der Waals surface area contributed by atoms with Gasteiger partial charge in [-0.2, -0.15) is 0 Å². The topological polar surface area (TPSA) is 59.0 Å². The van der Waals surface area contributed by atoms with Crippen molar-refractivity contribution in [3.8, 4) is 0 Å². The summed E-state index contributed by atoms with van der Waals surface area (Å²) in [6.07, 6.45) is 4.90. The number of benzene rings is 1. The monoisotopic (exact) mass is 361 g/mol. The Morgan fingerprint density at radius 3 is 2.88 bits per heavy atom. The van der Waals surface area contributed by atoms with Crippen molar-refractivity contribution >= 4 is 12.0 Å². The van der Waals surface area contributed by atoms with Gasteiger partial charge in [-0.3, -0.25) is 4.90 Å². The van der Waals surface area contributed by atoms with Crippen LogP contribution >= 0.6 is 0 Å². The highest BCUT2D eigenvalue weighted by atomic mass is 16.5. The molecule has 0 aromatic heterocycles. The Labute approximate surface area is 156 Å². The van der Waals surface area contributed by atoms with E-state index >= 15 is 0 Å². The fraction of sp³-hybridized carbons (Fsp3) is 0.571. The molecule has 1 aromatic rings. The molecule has 1 heterocycles. The van der Waals surface area contributed by atoms with Crippen molar-refractivity contribution in [2.75, 3.05) is 26.3 Å². The maximum Gasteiger partial charge on any atom is 0.330 e. The third kappa shape index (κ3) is 6.24. The van der Waals surface area contributed by atoms with Crippen molar-refractivity contribution in [3.05, 3.63) is 41.5 Å². The first kappa shape index (κ1) is 20.6. The molecule has 0 amide bonds. The fourth-order valence-corrected chi connectivity index (χ4v) is 3.31. The van der Waals surface area contributed by atoms with Crippen LogP contribution in [0.15, 0.2) is 30.3 Å². The highest BCUT2D eigenvalue weighted by Crippen LogP contribution is 2.23. The minimum absolute atomic E-state index is 0.177. The van der Waals surface area contributed by atoms with E-state index in [0.717, 1.165) is 17.7 Å². The molecule has 1 aliphatic heterocycles. The lowest BCUT2D eigenvalue weighted by Crippen LogP contribution is -2.37. The molecule has 1 N–H and O–H groups in total. The van der Waals surface area contributed by atoms with Crippen LogP contribution < -0.4 is 0 Å². The maximum atomic E-state index is 11.5. The molecule has 1 aromatic carbocycles. The second-order valence-corrected chi connectivity index (χ2v) is 6.83. The summed E-state index contributed by atoms with van der Waals surface area (Å²) in [5.41, 5.74) is 1.89. The van der Waals surface area contributed by atoms with Crippen LogP contribution in [0.1, 0.15) is 50.8 Å². The number of carbonyl (C=O) groups excluding carboxylic acids is 1. The van der Waals surface area contributed by atoms with Gasteiger partial charge in [-0.1, -0.05) is 24.3 Å². The van der Waals surface area contributed by atoms with Gasteiger partial charge in [0.05, 0.1) is 25.4 Å². The van der Waals surface area contributed by atoms with Crippen LogP contribution in [0, 0.1) is 0 Å². The van der Waals surface area contributed by atoms with Crippen molar-refractivity contribution in [1.29, 1.82) is 0 Å². The number of ether oxygens (including phenoxy) is 2. The van der Waals surface area contributed by atoms with Crippen molar-refractivity contribution in [1.82, 2.24) is 4.90 Å². The maximum absolute atomic E-state index is 11.5. The van der Waals surface area contributed by atoms with E-state index in [-0.39, 0.29) is 12.1 Å². The summed E-state index contributed by atoms with van der Waals surface area (Å²) in [5, 5.41) is 10.3. The van der Waals surface area contributed by atoms with E-state index in [2.05, 4.69) is 11.8 Å². The zero-order chi connectivity index (χ0) is 18.9. The summed E-state index contributed by atoms with van der Waals surface area (Å²) in [4.78, 5) is 13.8. The first-order valence-electron chi connectivity index (χ1n) is 9.48. The fourth-order valence-electron chi connectivity index (χ4n) is 3.31. The Hall–Kier alpha value is -1.69. The summed E-state index contributed by atoms with van der Waals surface area (Å²) < 4.78 is 10.8. The molecule has 0 aliphatic carbocycles. The summed E-state index contributed by atoms with van der Waals surface area (Å²) in [7, 11) is 0. The Morgan fingerprint density at radius 2 is 2.19 bits per heavy atom. The average molecular weight is 361 g/mol. The number of hydrogen-bond donors (Lipinski definition) is 1.